The zero-order valence-electron chi connectivity index (χ0n) is 15.5. The smallest absolute Gasteiger partial charge is 0.223 e. The number of nitrogens with zero attached hydrogens (tertiary/aromatic N) is 1. The van der Waals surface area contributed by atoms with E-state index >= 15 is 0 Å². The molecule has 25 heavy (non-hydrogen) atoms. The average molecular weight is 346 g/mol. The Morgan fingerprint density at radius 1 is 1.16 bits per heavy atom. The van der Waals surface area contributed by atoms with Crippen molar-refractivity contribution in [3.05, 3.63) is 29.8 Å². The molecule has 0 aliphatic heterocycles. The van der Waals surface area contributed by atoms with Crippen LogP contribution in [0.4, 0.5) is 0 Å². The van der Waals surface area contributed by atoms with Gasteiger partial charge in [0.15, 0.2) is 5.96 Å². The van der Waals surface area contributed by atoms with E-state index in [-0.39, 0.29) is 17.9 Å². The third kappa shape index (κ3) is 7.45. The van der Waals surface area contributed by atoms with Crippen molar-refractivity contribution in [2.75, 3.05) is 19.6 Å². The molecule has 0 aromatic heterocycles. The largest absolute Gasteiger partial charge is 0.491 e. The fraction of sp³-hybridized carbons (Fsp3) is 0.579. The average Bonchev–Trinajstić information content (AvgIpc) is 3.42. The Kier molecular flexibility index (Phi) is 7.57. The van der Waals surface area contributed by atoms with Gasteiger partial charge in [-0.3, -0.25) is 4.79 Å². The standard InChI is InChI=1S/C19H30N4O2/c1-4-20-19(22-12-11-21-18(24)16-7-8-16)23-13-15-5-9-17(10-6-15)25-14(2)3/h5-6,9-10,14,16H,4,7-8,11-13H2,1-3H3,(H,21,24)(H2,20,22,23). The summed E-state index contributed by atoms with van der Waals surface area (Å²) in [5, 5.41) is 9.40. The number of ether oxygens (including phenoxy) is 1. The van der Waals surface area contributed by atoms with Gasteiger partial charge in [0.05, 0.1) is 12.6 Å². The van der Waals surface area contributed by atoms with Gasteiger partial charge >= 0.3 is 0 Å². The highest BCUT2D eigenvalue weighted by Crippen LogP contribution is 2.28. The summed E-state index contributed by atoms with van der Waals surface area (Å²) in [6.45, 7) is 8.71. The van der Waals surface area contributed by atoms with Gasteiger partial charge in [0.25, 0.3) is 0 Å². The first kappa shape index (κ1) is 19.1. The number of carbonyl (C=O) groups excluding carboxylic acids is 1. The van der Waals surface area contributed by atoms with E-state index in [0.29, 0.717) is 19.6 Å². The van der Waals surface area contributed by atoms with Gasteiger partial charge in [-0.2, -0.15) is 0 Å². The van der Waals surface area contributed by atoms with E-state index in [0.717, 1.165) is 36.7 Å². The van der Waals surface area contributed by atoms with Crippen molar-refractivity contribution in [3.63, 3.8) is 0 Å². The molecule has 1 aliphatic carbocycles. The summed E-state index contributed by atoms with van der Waals surface area (Å²) in [6, 6.07) is 8.00. The van der Waals surface area contributed by atoms with Crippen molar-refractivity contribution < 1.29 is 9.53 Å². The number of guanidine groups is 1. The molecule has 0 spiro atoms. The number of rotatable bonds is 9. The van der Waals surface area contributed by atoms with Gasteiger partial charge in [-0.15, -0.1) is 0 Å². The molecule has 0 bridgehead atoms. The van der Waals surface area contributed by atoms with Crippen LogP contribution in [-0.2, 0) is 11.3 Å². The lowest BCUT2D eigenvalue weighted by Crippen LogP contribution is -2.41. The fourth-order valence-electron chi connectivity index (χ4n) is 2.31. The number of carbonyl (C=O) groups is 1. The predicted octanol–water partition coefficient (Wildman–Crippen LogP) is 2.06. The number of hydrogen-bond donors (Lipinski definition) is 3. The molecule has 2 rings (SSSR count). The van der Waals surface area contributed by atoms with Crippen molar-refractivity contribution in [1.29, 1.82) is 0 Å². The molecule has 1 aliphatic rings. The number of amides is 1. The van der Waals surface area contributed by atoms with E-state index in [1.807, 2.05) is 45.0 Å². The predicted molar refractivity (Wildman–Crippen MR) is 101 cm³/mol. The molecule has 0 atom stereocenters. The maximum atomic E-state index is 11.6. The summed E-state index contributed by atoms with van der Waals surface area (Å²) in [4.78, 5) is 16.2. The first-order valence-corrected chi connectivity index (χ1v) is 9.14. The molecular weight excluding hydrogens is 316 g/mol. The SMILES string of the molecule is CCNC(=NCc1ccc(OC(C)C)cc1)NCCNC(=O)C1CC1. The van der Waals surface area contributed by atoms with Crippen LogP contribution >= 0.6 is 0 Å². The monoisotopic (exact) mass is 346 g/mol. The van der Waals surface area contributed by atoms with Gasteiger partial charge in [0, 0.05) is 25.6 Å². The molecule has 3 N–H and O–H groups in total. The molecule has 1 amide bonds. The molecule has 1 fully saturated rings. The van der Waals surface area contributed by atoms with Crippen LogP contribution in [0.5, 0.6) is 5.75 Å². The minimum absolute atomic E-state index is 0.174. The second kappa shape index (κ2) is 9.91. The van der Waals surface area contributed by atoms with Crippen LogP contribution in [0, 0.1) is 5.92 Å². The van der Waals surface area contributed by atoms with Crippen LogP contribution in [0.1, 0.15) is 39.2 Å². The molecule has 1 saturated carbocycles. The number of nitrogens with one attached hydrogen (secondary N) is 3. The normalized spacial score (nSPS) is 14.3. The molecule has 1 aromatic carbocycles. The Hall–Kier alpha value is -2.24. The molecule has 138 valence electrons. The van der Waals surface area contributed by atoms with E-state index in [1.165, 1.54) is 0 Å². The molecular formula is C19H30N4O2. The Labute approximate surface area is 150 Å². The second-order valence-electron chi connectivity index (χ2n) is 6.50. The topological polar surface area (TPSA) is 74.8 Å². The fourth-order valence-corrected chi connectivity index (χ4v) is 2.31. The number of aliphatic imine (C=N–C) groups is 1. The highest BCUT2D eigenvalue weighted by Gasteiger charge is 2.28. The van der Waals surface area contributed by atoms with Crippen molar-refractivity contribution in [3.8, 4) is 5.75 Å². The quantitative estimate of drug-likeness (QED) is 0.363. The van der Waals surface area contributed by atoms with Crippen molar-refractivity contribution >= 4 is 11.9 Å². The Morgan fingerprint density at radius 2 is 1.84 bits per heavy atom. The first-order valence-electron chi connectivity index (χ1n) is 9.14. The van der Waals surface area contributed by atoms with Crippen molar-refractivity contribution in [1.82, 2.24) is 16.0 Å². The maximum absolute atomic E-state index is 11.6. The van der Waals surface area contributed by atoms with E-state index in [4.69, 9.17) is 4.74 Å². The molecule has 1 aromatic rings. The van der Waals surface area contributed by atoms with Gasteiger partial charge in [0.1, 0.15) is 5.75 Å². The third-order valence-electron chi connectivity index (χ3n) is 3.72. The van der Waals surface area contributed by atoms with Gasteiger partial charge < -0.3 is 20.7 Å². The minimum atomic E-state index is 0.174. The van der Waals surface area contributed by atoms with Crippen LogP contribution < -0.4 is 20.7 Å². The van der Waals surface area contributed by atoms with Gasteiger partial charge in [0.2, 0.25) is 5.91 Å². The van der Waals surface area contributed by atoms with E-state index in [9.17, 15) is 4.79 Å². The van der Waals surface area contributed by atoms with E-state index in [2.05, 4.69) is 20.9 Å². The van der Waals surface area contributed by atoms with Crippen LogP contribution in [0.25, 0.3) is 0 Å². The molecule has 0 saturated heterocycles. The molecule has 0 heterocycles. The number of benzene rings is 1. The minimum Gasteiger partial charge on any atom is -0.491 e. The third-order valence-corrected chi connectivity index (χ3v) is 3.72. The van der Waals surface area contributed by atoms with E-state index < -0.39 is 0 Å². The highest BCUT2D eigenvalue weighted by atomic mass is 16.5. The summed E-state index contributed by atoms with van der Waals surface area (Å²) in [5.74, 6) is 2.06. The molecule has 0 unspecified atom stereocenters. The second-order valence-corrected chi connectivity index (χ2v) is 6.50. The summed E-state index contributed by atoms with van der Waals surface area (Å²) in [7, 11) is 0. The van der Waals surface area contributed by atoms with Crippen molar-refractivity contribution in [2.24, 2.45) is 10.9 Å². The molecule has 6 heteroatoms. The van der Waals surface area contributed by atoms with Gasteiger partial charge in [-0.05, 0) is 51.3 Å². The van der Waals surface area contributed by atoms with Crippen LogP contribution in [0.3, 0.4) is 0 Å². The lowest BCUT2D eigenvalue weighted by Gasteiger charge is -2.12. The Bertz CT molecular complexity index is 565. The van der Waals surface area contributed by atoms with Crippen molar-refractivity contribution in [2.45, 2.75) is 46.3 Å². The lowest BCUT2D eigenvalue weighted by atomic mass is 10.2. The first-order chi connectivity index (χ1) is 12.1. The van der Waals surface area contributed by atoms with E-state index in [1.54, 1.807) is 0 Å². The molecule has 0 radical (unpaired) electrons. The summed E-state index contributed by atoms with van der Waals surface area (Å²) in [5.41, 5.74) is 1.12. The molecule has 6 nitrogen and oxygen atoms in total. The Morgan fingerprint density at radius 3 is 2.44 bits per heavy atom. The summed E-state index contributed by atoms with van der Waals surface area (Å²) in [6.07, 6.45) is 2.24. The Balaban J connectivity index is 1.76. The van der Waals surface area contributed by atoms with Crippen LogP contribution in [-0.4, -0.2) is 37.6 Å². The summed E-state index contributed by atoms with van der Waals surface area (Å²) >= 11 is 0. The van der Waals surface area contributed by atoms with Crippen LogP contribution in [0.15, 0.2) is 29.3 Å². The zero-order chi connectivity index (χ0) is 18.1. The maximum Gasteiger partial charge on any atom is 0.223 e. The highest BCUT2D eigenvalue weighted by molar-refractivity contribution is 5.81. The van der Waals surface area contributed by atoms with Gasteiger partial charge in [-0.25, -0.2) is 4.99 Å². The van der Waals surface area contributed by atoms with Gasteiger partial charge in [-0.1, -0.05) is 12.1 Å². The lowest BCUT2D eigenvalue weighted by molar-refractivity contribution is -0.122. The summed E-state index contributed by atoms with van der Waals surface area (Å²) < 4.78 is 5.64. The zero-order valence-corrected chi connectivity index (χ0v) is 15.5. The van der Waals surface area contributed by atoms with Crippen LogP contribution in [0.2, 0.25) is 0 Å². The number of hydrogen-bond acceptors (Lipinski definition) is 3.